The van der Waals surface area contributed by atoms with Crippen molar-refractivity contribution in [1.82, 2.24) is 15.3 Å². The van der Waals surface area contributed by atoms with Crippen molar-refractivity contribution in [3.63, 3.8) is 0 Å². The Balaban J connectivity index is 1.62. The minimum Gasteiger partial charge on any atom is -0.348 e. The average Bonchev–Trinajstić information content (AvgIpc) is 3.19. The second kappa shape index (κ2) is 6.81. The quantitative estimate of drug-likeness (QED) is 0.777. The monoisotopic (exact) mass is 329 g/mol. The van der Waals surface area contributed by atoms with Gasteiger partial charge in [0.25, 0.3) is 0 Å². The second-order valence-corrected chi connectivity index (χ2v) is 6.68. The van der Waals surface area contributed by atoms with Gasteiger partial charge in [-0.25, -0.2) is 4.98 Å². The fourth-order valence-electron chi connectivity index (χ4n) is 2.06. The maximum Gasteiger partial charge on any atom is 0.226 e. The maximum atomic E-state index is 12.1. The Kier molecular flexibility index (Phi) is 4.60. The molecule has 0 fully saturated rings. The molecule has 0 aliphatic carbocycles. The van der Waals surface area contributed by atoms with Crippen molar-refractivity contribution in [3.05, 3.63) is 57.9 Å². The van der Waals surface area contributed by atoms with Gasteiger partial charge in [-0.2, -0.15) is 0 Å². The molecule has 1 atom stereocenters. The molecule has 4 nitrogen and oxygen atoms in total. The number of nitrogens with zero attached hydrogens (tertiary/aromatic N) is 2. The smallest absolute Gasteiger partial charge is 0.226 e. The van der Waals surface area contributed by atoms with Crippen molar-refractivity contribution >= 4 is 28.6 Å². The van der Waals surface area contributed by atoms with Crippen molar-refractivity contribution in [2.75, 3.05) is 0 Å². The van der Waals surface area contributed by atoms with Crippen LogP contribution in [0.4, 0.5) is 0 Å². The van der Waals surface area contributed by atoms with Crippen LogP contribution < -0.4 is 5.32 Å². The van der Waals surface area contributed by atoms with Crippen LogP contribution in [0.15, 0.2) is 47.3 Å². The summed E-state index contributed by atoms with van der Waals surface area (Å²) in [5, 5.41) is 7.77. The van der Waals surface area contributed by atoms with Gasteiger partial charge in [-0.3, -0.25) is 9.78 Å². The molecule has 0 aliphatic rings. The number of thiazole rings is 1. The first-order chi connectivity index (χ1) is 10.7. The zero-order valence-electron chi connectivity index (χ0n) is 12.0. The highest BCUT2D eigenvalue weighted by molar-refractivity contribution is 7.13. The number of aromatic nitrogens is 2. The molecule has 22 heavy (non-hydrogen) atoms. The molecule has 1 amide bonds. The van der Waals surface area contributed by atoms with Crippen LogP contribution in [-0.4, -0.2) is 15.9 Å². The van der Waals surface area contributed by atoms with Gasteiger partial charge < -0.3 is 5.32 Å². The Labute approximate surface area is 136 Å². The molecule has 3 heterocycles. The van der Waals surface area contributed by atoms with Crippen LogP contribution >= 0.6 is 22.7 Å². The van der Waals surface area contributed by atoms with E-state index in [-0.39, 0.29) is 11.9 Å². The third-order valence-corrected chi connectivity index (χ3v) is 5.09. The van der Waals surface area contributed by atoms with E-state index in [1.165, 1.54) is 11.3 Å². The molecule has 0 radical (unpaired) electrons. The highest BCUT2D eigenvalue weighted by atomic mass is 32.1. The molecule has 1 N–H and O–H groups in total. The van der Waals surface area contributed by atoms with Crippen LogP contribution in [0.5, 0.6) is 0 Å². The molecule has 0 saturated heterocycles. The minimum absolute atomic E-state index is 0.0150. The number of pyridine rings is 1. The lowest BCUT2D eigenvalue weighted by molar-refractivity contribution is -0.121. The van der Waals surface area contributed by atoms with Crippen molar-refractivity contribution in [1.29, 1.82) is 0 Å². The SMILES string of the molecule is C[C@H](NC(=O)Cc1csc(-c2ccccn2)n1)c1cccs1. The molecule has 0 bridgehead atoms. The first kappa shape index (κ1) is 14.9. The molecule has 3 aromatic rings. The normalized spacial score (nSPS) is 12.0. The lowest BCUT2D eigenvalue weighted by atomic mass is 10.2. The van der Waals surface area contributed by atoms with E-state index in [4.69, 9.17) is 0 Å². The zero-order valence-corrected chi connectivity index (χ0v) is 13.7. The highest BCUT2D eigenvalue weighted by Crippen LogP contribution is 2.22. The summed E-state index contributed by atoms with van der Waals surface area (Å²) < 4.78 is 0. The van der Waals surface area contributed by atoms with Gasteiger partial charge in [0.2, 0.25) is 5.91 Å². The van der Waals surface area contributed by atoms with Gasteiger partial charge in [0.1, 0.15) is 5.01 Å². The number of amides is 1. The molecule has 0 aliphatic heterocycles. The third-order valence-electron chi connectivity index (χ3n) is 3.12. The number of rotatable bonds is 5. The molecule has 0 spiro atoms. The number of hydrogen-bond donors (Lipinski definition) is 1. The second-order valence-electron chi connectivity index (χ2n) is 4.84. The van der Waals surface area contributed by atoms with Gasteiger partial charge in [-0.15, -0.1) is 22.7 Å². The van der Waals surface area contributed by atoms with Gasteiger partial charge in [-0.05, 0) is 30.5 Å². The summed E-state index contributed by atoms with van der Waals surface area (Å²) in [5.41, 5.74) is 1.62. The zero-order chi connectivity index (χ0) is 15.4. The summed E-state index contributed by atoms with van der Waals surface area (Å²) in [4.78, 5) is 22.0. The van der Waals surface area contributed by atoms with E-state index < -0.39 is 0 Å². The fourth-order valence-corrected chi connectivity index (χ4v) is 3.59. The van der Waals surface area contributed by atoms with Crippen molar-refractivity contribution in [2.24, 2.45) is 0 Å². The van der Waals surface area contributed by atoms with E-state index in [0.29, 0.717) is 6.42 Å². The van der Waals surface area contributed by atoms with Crippen molar-refractivity contribution in [2.45, 2.75) is 19.4 Å². The van der Waals surface area contributed by atoms with E-state index in [2.05, 4.69) is 15.3 Å². The predicted octanol–water partition coefficient (Wildman–Crippen LogP) is 3.69. The summed E-state index contributed by atoms with van der Waals surface area (Å²) in [6, 6.07) is 9.76. The highest BCUT2D eigenvalue weighted by Gasteiger charge is 2.13. The first-order valence-electron chi connectivity index (χ1n) is 6.91. The van der Waals surface area contributed by atoms with Crippen LogP contribution in [-0.2, 0) is 11.2 Å². The number of hydrogen-bond acceptors (Lipinski definition) is 5. The third kappa shape index (κ3) is 3.58. The largest absolute Gasteiger partial charge is 0.348 e. The van der Waals surface area contributed by atoms with Gasteiger partial charge in [0.15, 0.2) is 0 Å². The summed E-state index contributed by atoms with van der Waals surface area (Å²) in [6.45, 7) is 1.99. The van der Waals surface area contributed by atoms with E-state index in [1.54, 1.807) is 17.5 Å². The molecule has 0 unspecified atom stereocenters. The number of thiophene rings is 1. The molecular weight excluding hydrogens is 314 g/mol. The van der Waals surface area contributed by atoms with Gasteiger partial charge in [-0.1, -0.05) is 12.1 Å². The Bertz CT molecular complexity index is 738. The molecule has 3 aromatic heterocycles. The summed E-state index contributed by atoms with van der Waals surface area (Å²) >= 11 is 3.15. The topological polar surface area (TPSA) is 54.9 Å². The van der Waals surface area contributed by atoms with Crippen LogP contribution in [0, 0.1) is 0 Å². The average molecular weight is 329 g/mol. The number of carbonyl (C=O) groups is 1. The standard InChI is InChI=1S/C16H15N3OS2/c1-11(14-6-4-8-21-14)18-15(20)9-12-10-22-16(19-12)13-5-2-3-7-17-13/h2-8,10-11H,9H2,1H3,(H,18,20)/t11-/m0/s1. The van der Waals surface area contributed by atoms with Gasteiger partial charge in [0.05, 0.1) is 23.9 Å². The molecular formula is C16H15N3OS2. The van der Waals surface area contributed by atoms with E-state index in [9.17, 15) is 4.79 Å². The maximum absolute atomic E-state index is 12.1. The Morgan fingerprint density at radius 1 is 1.27 bits per heavy atom. The minimum atomic E-state index is -0.0150. The van der Waals surface area contributed by atoms with Crippen LogP contribution in [0.3, 0.4) is 0 Å². The van der Waals surface area contributed by atoms with Crippen LogP contribution in [0.25, 0.3) is 10.7 Å². The van der Waals surface area contributed by atoms with Gasteiger partial charge in [0, 0.05) is 16.5 Å². The molecule has 6 heteroatoms. The van der Waals surface area contributed by atoms with Crippen molar-refractivity contribution in [3.8, 4) is 10.7 Å². The Morgan fingerprint density at radius 2 is 2.18 bits per heavy atom. The summed E-state index contributed by atoms with van der Waals surface area (Å²) in [5.74, 6) is -0.0150. The Hall–Kier alpha value is -2.05. The van der Waals surface area contributed by atoms with Gasteiger partial charge >= 0.3 is 0 Å². The van der Waals surface area contributed by atoms with Crippen LogP contribution in [0.2, 0.25) is 0 Å². The molecule has 112 valence electrons. The predicted molar refractivity (Wildman–Crippen MR) is 89.9 cm³/mol. The Morgan fingerprint density at radius 3 is 2.91 bits per heavy atom. The lowest BCUT2D eigenvalue weighted by Crippen LogP contribution is -2.27. The van der Waals surface area contributed by atoms with E-state index in [0.717, 1.165) is 21.3 Å². The lowest BCUT2D eigenvalue weighted by Gasteiger charge is -2.11. The molecule has 3 rings (SSSR count). The first-order valence-corrected chi connectivity index (χ1v) is 8.67. The van der Waals surface area contributed by atoms with E-state index in [1.807, 2.05) is 48.0 Å². The molecule has 0 saturated carbocycles. The number of carbonyl (C=O) groups excluding carboxylic acids is 1. The van der Waals surface area contributed by atoms with Crippen LogP contribution in [0.1, 0.15) is 23.5 Å². The number of nitrogens with one attached hydrogen (secondary N) is 1. The van der Waals surface area contributed by atoms with Crippen molar-refractivity contribution < 1.29 is 4.79 Å². The summed E-state index contributed by atoms with van der Waals surface area (Å²) in [6.07, 6.45) is 2.03. The fraction of sp³-hybridized carbons (Fsp3) is 0.188. The summed E-state index contributed by atoms with van der Waals surface area (Å²) in [7, 11) is 0. The van der Waals surface area contributed by atoms with E-state index >= 15 is 0 Å². The molecule has 0 aromatic carbocycles.